The SMILES string of the molecule is Cc1ccc(CSCCNC(=O)[C@H](C)Oc2ccc(N(C)S(C)(=O)=O)cc2)cc1. The highest BCUT2D eigenvalue weighted by Gasteiger charge is 2.15. The van der Waals surface area contributed by atoms with Gasteiger partial charge in [0.05, 0.1) is 11.9 Å². The number of carbonyl (C=O) groups is 1. The number of benzene rings is 2. The van der Waals surface area contributed by atoms with Crippen LogP contribution in [0.3, 0.4) is 0 Å². The molecule has 0 heterocycles. The zero-order chi connectivity index (χ0) is 21.4. The maximum Gasteiger partial charge on any atom is 0.260 e. The summed E-state index contributed by atoms with van der Waals surface area (Å²) in [5, 5.41) is 2.88. The molecule has 0 aliphatic rings. The molecule has 0 saturated heterocycles. The Labute approximate surface area is 177 Å². The van der Waals surface area contributed by atoms with E-state index in [-0.39, 0.29) is 5.91 Å². The van der Waals surface area contributed by atoms with Crippen molar-refractivity contribution in [3.8, 4) is 5.75 Å². The molecule has 0 aliphatic heterocycles. The van der Waals surface area contributed by atoms with Gasteiger partial charge < -0.3 is 10.1 Å². The van der Waals surface area contributed by atoms with E-state index in [1.807, 2.05) is 0 Å². The third kappa shape index (κ3) is 7.62. The number of nitrogens with zero attached hydrogens (tertiary/aromatic N) is 1. The van der Waals surface area contributed by atoms with E-state index in [9.17, 15) is 13.2 Å². The Hall–Kier alpha value is -2.19. The summed E-state index contributed by atoms with van der Waals surface area (Å²) < 4.78 is 30.0. The molecule has 0 fully saturated rings. The van der Waals surface area contributed by atoms with Crippen molar-refractivity contribution in [1.29, 1.82) is 0 Å². The van der Waals surface area contributed by atoms with Crippen LogP contribution in [-0.4, -0.2) is 46.0 Å². The van der Waals surface area contributed by atoms with Crippen LogP contribution < -0.4 is 14.4 Å². The molecule has 6 nitrogen and oxygen atoms in total. The number of ether oxygens (including phenoxy) is 1. The molecule has 1 amide bonds. The van der Waals surface area contributed by atoms with E-state index in [4.69, 9.17) is 4.74 Å². The lowest BCUT2D eigenvalue weighted by atomic mass is 10.2. The van der Waals surface area contributed by atoms with Gasteiger partial charge in [-0.15, -0.1) is 0 Å². The van der Waals surface area contributed by atoms with Crippen LogP contribution in [0.15, 0.2) is 48.5 Å². The second-order valence-electron chi connectivity index (χ2n) is 6.81. The highest BCUT2D eigenvalue weighted by Crippen LogP contribution is 2.21. The lowest BCUT2D eigenvalue weighted by Crippen LogP contribution is -2.37. The number of aryl methyl sites for hydroxylation is 1. The number of sulfonamides is 1. The molecule has 0 aliphatic carbocycles. The number of anilines is 1. The zero-order valence-electron chi connectivity index (χ0n) is 17.2. The third-order valence-corrected chi connectivity index (χ3v) is 6.55. The van der Waals surface area contributed by atoms with Crippen molar-refractivity contribution < 1.29 is 17.9 Å². The largest absolute Gasteiger partial charge is 0.481 e. The number of rotatable bonds is 10. The van der Waals surface area contributed by atoms with Gasteiger partial charge in [0.15, 0.2) is 6.10 Å². The first-order chi connectivity index (χ1) is 13.7. The number of carbonyl (C=O) groups excluding carboxylic acids is 1. The lowest BCUT2D eigenvalue weighted by Gasteiger charge is -2.18. The minimum Gasteiger partial charge on any atom is -0.481 e. The summed E-state index contributed by atoms with van der Waals surface area (Å²) in [4.78, 5) is 12.2. The molecule has 0 radical (unpaired) electrons. The molecule has 0 bridgehead atoms. The van der Waals surface area contributed by atoms with E-state index < -0.39 is 16.1 Å². The Morgan fingerprint density at radius 1 is 1.14 bits per heavy atom. The van der Waals surface area contributed by atoms with Crippen molar-refractivity contribution in [2.45, 2.75) is 25.7 Å². The highest BCUT2D eigenvalue weighted by atomic mass is 32.2. The van der Waals surface area contributed by atoms with Gasteiger partial charge in [0.2, 0.25) is 10.0 Å². The van der Waals surface area contributed by atoms with Crippen molar-refractivity contribution in [3.05, 3.63) is 59.7 Å². The molecule has 2 rings (SSSR count). The van der Waals surface area contributed by atoms with Crippen LogP contribution in [0.4, 0.5) is 5.69 Å². The molecule has 0 saturated carbocycles. The Morgan fingerprint density at radius 2 is 1.76 bits per heavy atom. The summed E-state index contributed by atoms with van der Waals surface area (Å²) in [5.74, 6) is 2.06. The Bertz CT molecular complexity index is 897. The summed E-state index contributed by atoms with van der Waals surface area (Å²) in [5.41, 5.74) is 3.05. The maximum atomic E-state index is 12.2. The second kappa shape index (κ2) is 10.5. The van der Waals surface area contributed by atoms with Gasteiger partial charge >= 0.3 is 0 Å². The fourth-order valence-electron chi connectivity index (χ4n) is 2.45. The zero-order valence-corrected chi connectivity index (χ0v) is 18.8. The van der Waals surface area contributed by atoms with E-state index >= 15 is 0 Å². The van der Waals surface area contributed by atoms with E-state index in [0.29, 0.717) is 18.0 Å². The van der Waals surface area contributed by atoms with Crippen LogP contribution in [0.2, 0.25) is 0 Å². The predicted molar refractivity (Wildman–Crippen MR) is 120 cm³/mol. The van der Waals surface area contributed by atoms with Gasteiger partial charge in [0, 0.05) is 25.1 Å². The monoisotopic (exact) mass is 436 g/mol. The first-order valence-electron chi connectivity index (χ1n) is 9.28. The smallest absolute Gasteiger partial charge is 0.260 e. The Balaban J connectivity index is 1.72. The van der Waals surface area contributed by atoms with Gasteiger partial charge in [-0.2, -0.15) is 11.8 Å². The van der Waals surface area contributed by atoms with E-state index in [1.54, 1.807) is 43.0 Å². The standard InChI is InChI=1S/C21H28N2O4S2/c1-16-5-7-18(8-6-16)15-28-14-13-22-21(24)17(2)27-20-11-9-19(10-12-20)23(3)29(4,25)26/h5-12,17H,13-15H2,1-4H3,(H,22,24)/t17-/m0/s1. The average molecular weight is 437 g/mol. The average Bonchev–Trinajstić information content (AvgIpc) is 2.68. The van der Waals surface area contributed by atoms with Gasteiger partial charge in [0.1, 0.15) is 5.75 Å². The summed E-state index contributed by atoms with van der Waals surface area (Å²) in [6.45, 7) is 4.32. The third-order valence-electron chi connectivity index (χ3n) is 4.31. The lowest BCUT2D eigenvalue weighted by molar-refractivity contribution is -0.127. The number of nitrogens with one attached hydrogen (secondary N) is 1. The van der Waals surface area contributed by atoms with Crippen LogP contribution >= 0.6 is 11.8 Å². The number of hydrogen-bond acceptors (Lipinski definition) is 5. The van der Waals surface area contributed by atoms with Gasteiger partial charge in [-0.3, -0.25) is 9.10 Å². The molecular formula is C21H28N2O4S2. The van der Waals surface area contributed by atoms with Crippen LogP contribution in [0.25, 0.3) is 0 Å². The fraction of sp³-hybridized carbons (Fsp3) is 0.381. The highest BCUT2D eigenvalue weighted by molar-refractivity contribution is 7.98. The molecule has 2 aromatic carbocycles. The van der Waals surface area contributed by atoms with Gasteiger partial charge in [-0.1, -0.05) is 29.8 Å². The Kier molecular flexibility index (Phi) is 8.40. The van der Waals surface area contributed by atoms with Crippen molar-refractivity contribution >= 4 is 33.4 Å². The van der Waals surface area contributed by atoms with Crippen LogP contribution in [0.1, 0.15) is 18.1 Å². The van der Waals surface area contributed by atoms with Crippen molar-refractivity contribution in [3.63, 3.8) is 0 Å². The molecule has 8 heteroatoms. The van der Waals surface area contributed by atoms with Gasteiger partial charge in [-0.25, -0.2) is 8.42 Å². The summed E-state index contributed by atoms with van der Waals surface area (Å²) in [6, 6.07) is 15.0. The molecule has 1 N–H and O–H groups in total. The molecule has 0 unspecified atom stereocenters. The minimum atomic E-state index is -3.31. The van der Waals surface area contributed by atoms with Gasteiger partial charge in [-0.05, 0) is 43.7 Å². The molecule has 2 aromatic rings. The summed E-state index contributed by atoms with van der Waals surface area (Å²) >= 11 is 1.77. The predicted octanol–water partition coefficient (Wildman–Crippen LogP) is 3.21. The minimum absolute atomic E-state index is 0.182. The van der Waals surface area contributed by atoms with Gasteiger partial charge in [0.25, 0.3) is 5.91 Å². The Morgan fingerprint density at radius 3 is 2.34 bits per heavy atom. The topological polar surface area (TPSA) is 75.7 Å². The normalized spacial score (nSPS) is 12.3. The van der Waals surface area contributed by atoms with Crippen molar-refractivity contribution in [2.75, 3.05) is 29.9 Å². The first kappa shape index (κ1) is 23.1. The molecule has 29 heavy (non-hydrogen) atoms. The van der Waals surface area contributed by atoms with E-state index in [2.05, 4.69) is 36.5 Å². The molecular weight excluding hydrogens is 408 g/mol. The summed E-state index contributed by atoms with van der Waals surface area (Å²) in [6.07, 6.45) is 0.499. The van der Waals surface area contributed by atoms with Crippen LogP contribution in [0, 0.1) is 6.92 Å². The number of hydrogen-bond donors (Lipinski definition) is 1. The molecule has 0 spiro atoms. The van der Waals surface area contributed by atoms with Crippen LogP contribution in [-0.2, 0) is 20.6 Å². The van der Waals surface area contributed by atoms with E-state index in [1.165, 1.54) is 22.5 Å². The maximum absolute atomic E-state index is 12.2. The number of amides is 1. The summed E-state index contributed by atoms with van der Waals surface area (Å²) in [7, 11) is -1.83. The molecule has 158 valence electrons. The van der Waals surface area contributed by atoms with Crippen molar-refractivity contribution in [2.24, 2.45) is 0 Å². The van der Waals surface area contributed by atoms with Crippen molar-refractivity contribution in [1.82, 2.24) is 5.32 Å². The van der Waals surface area contributed by atoms with E-state index in [0.717, 1.165) is 17.8 Å². The quantitative estimate of drug-likeness (QED) is 0.579. The number of thioether (sulfide) groups is 1. The molecule has 1 atom stereocenters. The fourth-order valence-corrected chi connectivity index (χ4v) is 3.77. The molecule has 0 aromatic heterocycles. The second-order valence-corrected chi connectivity index (χ2v) is 9.93. The first-order valence-corrected chi connectivity index (χ1v) is 12.3. The van der Waals surface area contributed by atoms with Crippen LogP contribution in [0.5, 0.6) is 5.75 Å².